The number of phenolic OH excluding ortho intramolecular Hbond substituents is 1. The van der Waals surface area contributed by atoms with Crippen LogP contribution in [-0.4, -0.2) is 52.0 Å². The summed E-state index contributed by atoms with van der Waals surface area (Å²) in [5, 5.41) is 27.7. The quantitative estimate of drug-likeness (QED) is 0.450. The van der Waals surface area contributed by atoms with Gasteiger partial charge in [-0.15, -0.1) is 0 Å². The highest BCUT2D eigenvalue weighted by Gasteiger charge is 2.73. The summed E-state index contributed by atoms with van der Waals surface area (Å²) in [5.74, 6) is 1.61. The third kappa shape index (κ3) is 3.16. The van der Waals surface area contributed by atoms with E-state index in [4.69, 9.17) is 4.74 Å². The van der Waals surface area contributed by atoms with Crippen LogP contribution in [0.5, 0.6) is 11.5 Å². The maximum atomic E-state index is 12.8. The lowest BCUT2D eigenvalue weighted by Gasteiger charge is -2.64. The Labute approximate surface area is 224 Å². The predicted molar refractivity (Wildman–Crippen MR) is 146 cm³/mol. The monoisotopic (exact) mass is 508 g/mol. The predicted octanol–water partition coefficient (Wildman–Crippen LogP) is 4.70. The molecule has 3 fully saturated rings. The van der Waals surface area contributed by atoms with E-state index in [1.807, 2.05) is 0 Å². The zero-order valence-electron chi connectivity index (χ0n) is 21.7. The first-order valence-corrected chi connectivity index (χ1v) is 14.4. The van der Waals surface area contributed by atoms with Crippen LogP contribution in [-0.2, 0) is 11.8 Å². The van der Waals surface area contributed by atoms with Crippen molar-refractivity contribution in [2.24, 2.45) is 5.92 Å². The summed E-state index contributed by atoms with van der Waals surface area (Å²) in [6.07, 6.45) is 5.67. The van der Waals surface area contributed by atoms with E-state index in [-0.39, 0.29) is 30.0 Å². The van der Waals surface area contributed by atoms with Crippen molar-refractivity contribution in [2.75, 3.05) is 13.1 Å². The van der Waals surface area contributed by atoms with Crippen LogP contribution in [0.2, 0.25) is 0 Å². The molecule has 0 amide bonds. The van der Waals surface area contributed by atoms with Gasteiger partial charge in [0.05, 0.1) is 17.1 Å². The molecule has 2 saturated carbocycles. The van der Waals surface area contributed by atoms with Crippen molar-refractivity contribution in [1.82, 2.24) is 10.2 Å². The molecule has 3 aromatic rings. The minimum absolute atomic E-state index is 0.0136. The standard InChI is InChI=1S/C33H36N2O3/c36-26-14-13-24-19-27-33(37)16-15-25(34-29(22-7-3-1-4-8-22)23-9-5-2-6-10-23)31-32(33,28(24)30(26)38-31)17-18-35(27)20-21-11-12-21/h1-10,13-14,21,25,27,29,31,34,36-37H,11-12,15-20H2/t25-,27-,31+,32+,33-/m1/s1. The van der Waals surface area contributed by atoms with Crippen LogP contribution in [0.25, 0.3) is 0 Å². The molecule has 8 rings (SSSR count). The Kier molecular flexibility index (Phi) is 5.05. The van der Waals surface area contributed by atoms with E-state index in [2.05, 4.69) is 76.9 Å². The number of aromatic hydroxyl groups is 1. The average molecular weight is 509 g/mol. The molecule has 5 nitrogen and oxygen atoms in total. The second kappa shape index (κ2) is 8.32. The highest BCUT2D eigenvalue weighted by molar-refractivity contribution is 5.62. The van der Waals surface area contributed by atoms with E-state index in [1.54, 1.807) is 6.07 Å². The van der Waals surface area contributed by atoms with Crippen molar-refractivity contribution in [3.8, 4) is 11.5 Å². The van der Waals surface area contributed by atoms with Crippen molar-refractivity contribution in [3.05, 3.63) is 95.1 Å². The molecule has 2 aliphatic heterocycles. The number of hydrogen-bond donors (Lipinski definition) is 3. The Morgan fingerprint density at radius 2 is 1.63 bits per heavy atom. The highest BCUT2D eigenvalue weighted by Crippen LogP contribution is 2.65. The van der Waals surface area contributed by atoms with Crippen LogP contribution >= 0.6 is 0 Å². The molecule has 196 valence electrons. The summed E-state index contributed by atoms with van der Waals surface area (Å²) in [6.45, 7) is 2.08. The van der Waals surface area contributed by atoms with Crippen LogP contribution in [0.15, 0.2) is 72.8 Å². The molecule has 3 N–H and O–H groups in total. The van der Waals surface area contributed by atoms with E-state index in [9.17, 15) is 10.2 Å². The maximum absolute atomic E-state index is 12.8. The van der Waals surface area contributed by atoms with Crippen LogP contribution in [0, 0.1) is 5.92 Å². The number of benzene rings is 3. The molecule has 0 aromatic heterocycles. The fourth-order valence-electron chi connectivity index (χ4n) is 8.54. The molecule has 1 spiro atoms. The van der Waals surface area contributed by atoms with Gasteiger partial charge in [-0.3, -0.25) is 10.2 Å². The fourth-order valence-corrected chi connectivity index (χ4v) is 8.54. The Bertz CT molecular complexity index is 1320. The minimum Gasteiger partial charge on any atom is -0.504 e. The zero-order valence-corrected chi connectivity index (χ0v) is 21.7. The lowest BCUT2D eigenvalue weighted by Crippen LogP contribution is -2.78. The van der Waals surface area contributed by atoms with Crippen LogP contribution in [0.1, 0.15) is 60.4 Å². The first kappa shape index (κ1) is 23.1. The van der Waals surface area contributed by atoms with Crippen LogP contribution in [0.4, 0.5) is 0 Å². The van der Waals surface area contributed by atoms with Crippen molar-refractivity contribution in [1.29, 1.82) is 0 Å². The molecule has 2 bridgehead atoms. The summed E-state index contributed by atoms with van der Waals surface area (Å²) < 4.78 is 6.80. The Morgan fingerprint density at radius 3 is 2.32 bits per heavy atom. The Balaban J connectivity index is 1.22. The maximum Gasteiger partial charge on any atom is 0.165 e. The lowest BCUT2D eigenvalue weighted by molar-refractivity contribution is -0.192. The fraction of sp³-hybridized carbons (Fsp3) is 0.455. The summed E-state index contributed by atoms with van der Waals surface area (Å²) in [7, 11) is 0. The van der Waals surface area contributed by atoms with Gasteiger partial charge in [0, 0.05) is 24.2 Å². The van der Waals surface area contributed by atoms with Gasteiger partial charge in [-0.2, -0.15) is 0 Å². The van der Waals surface area contributed by atoms with E-state index in [0.29, 0.717) is 5.75 Å². The van der Waals surface area contributed by atoms with E-state index in [0.717, 1.165) is 50.3 Å². The summed E-state index contributed by atoms with van der Waals surface area (Å²) >= 11 is 0. The second-order valence-corrected chi connectivity index (χ2v) is 12.4. The van der Waals surface area contributed by atoms with Gasteiger partial charge in [0.2, 0.25) is 0 Å². The van der Waals surface area contributed by atoms with Gasteiger partial charge >= 0.3 is 0 Å². The minimum atomic E-state index is -0.857. The molecule has 5 heteroatoms. The number of hydrogen-bond acceptors (Lipinski definition) is 5. The number of phenols is 1. The first-order chi connectivity index (χ1) is 18.6. The highest BCUT2D eigenvalue weighted by atomic mass is 16.5. The largest absolute Gasteiger partial charge is 0.504 e. The molecule has 1 saturated heterocycles. The second-order valence-electron chi connectivity index (χ2n) is 12.4. The molecular formula is C33H36N2O3. The van der Waals surface area contributed by atoms with Crippen molar-refractivity contribution >= 4 is 0 Å². The van der Waals surface area contributed by atoms with Gasteiger partial charge in [-0.05, 0) is 73.7 Å². The normalized spacial score (nSPS) is 33.2. The molecule has 0 radical (unpaired) electrons. The number of nitrogens with one attached hydrogen (secondary N) is 1. The summed E-state index contributed by atoms with van der Waals surface area (Å²) in [6, 6.07) is 25.3. The average Bonchev–Trinajstić information content (AvgIpc) is 3.69. The lowest BCUT2D eigenvalue weighted by atomic mass is 9.48. The van der Waals surface area contributed by atoms with Gasteiger partial charge in [-0.25, -0.2) is 0 Å². The van der Waals surface area contributed by atoms with Crippen molar-refractivity contribution in [3.63, 3.8) is 0 Å². The number of rotatable bonds is 6. The van der Waals surface area contributed by atoms with Gasteiger partial charge in [0.1, 0.15) is 6.10 Å². The van der Waals surface area contributed by atoms with E-state index < -0.39 is 11.0 Å². The van der Waals surface area contributed by atoms with Gasteiger partial charge in [0.15, 0.2) is 11.5 Å². The van der Waals surface area contributed by atoms with E-state index in [1.165, 1.54) is 29.5 Å². The Hall–Kier alpha value is -2.86. The number of aliphatic hydroxyl groups is 1. The van der Waals surface area contributed by atoms with Crippen LogP contribution in [0.3, 0.4) is 0 Å². The molecule has 2 heterocycles. The first-order valence-electron chi connectivity index (χ1n) is 14.4. The van der Waals surface area contributed by atoms with E-state index >= 15 is 0 Å². The molecule has 3 aliphatic carbocycles. The Morgan fingerprint density at radius 1 is 0.921 bits per heavy atom. The summed E-state index contributed by atoms with van der Waals surface area (Å²) in [5.41, 5.74) is 3.42. The molecule has 5 atom stereocenters. The van der Waals surface area contributed by atoms with Gasteiger partial charge in [0.25, 0.3) is 0 Å². The molecule has 3 aromatic carbocycles. The van der Waals surface area contributed by atoms with Crippen LogP contribution < -0.4 is 10.1 Å². The molecule has 38 heavy (non-hydrogen) atoms. The molecule has 0 unspecified atom stereocenters. The SMILES string of the molecule is Oc1ccc2c3c1O[C@H]1[C@H](NC(c4ccccc4)c4ccccc4)CC[C@@]4(O)[C@@H](C2)N(CC2CC2)CC[C@]314. The zero-order chi connectivity index (χ0) is 25.5. The topological polar surface area (TPSA) is 65.0 Å². The number of ether oxygens (including phenoxy) is 1. The molecular weight excluding hydrogens is 472 g/mol. The number of likely N-dealkylation sites (tertiary alicyclic amines) is 1. The van der Waals surface area contributed by atoms with Crippen molar-refractivity contribution < 1.29 is 14.9 Å². The van der Waals surface area contributed by atoms with Gasteiger partial charge < -0.3 is 14.9 Å². The summed E-state index contributed by atoms with van der Waals surface area (Å²) in [4.78, 5) is 2.60. The smallest absolute Gasteiger partial charge is 0.165 e. The molecule has 5 aliphatic rings. The number of nitrogens with zero attached hydrogens (tertiary/aromatic N) is 1. The third-order valence-electron chi connectivity index (χ3n) is 10.4. The van der Waals surface area contributed by atoms with Crippen molar-refractivity contribution in [2.45, 2.75) is 73.8 Å². The van der Waals surface area contributed by atoms with Gasteiger partial charge in [-0.1, -0.05) is 66.7 Å². The third-order valence-corrected chi connectivity index (χ3v) is 10.4. The number of piperidine rings is 1.